The maximum atomic E-state index is 12.9. The molecule has 31 heavy (non-hydrogen) atoms. The molecule has 1 saturated carbocycles. The van der Waals surface area contributed by atoms with Crippen molar-refractivity contribution in [1.29, 1.82) is 0 Å². The highest BCUT2D eigenvalue weighted by Crippen LogP contribution is 2.31. The van der Waals surface area contributed by atoms with E-state index in [0.717, 1.165) is 46.5 Å². The van der Waals surface area contributed by atoms with E-state index in [1.807, 2.05) is 62.4 Å². The van der Waals surface area contributed by atoms with Crippen molar-refractivity contribution in [3.8, 4) is 11.5 Å². The second-order valence-electron chi connectivity index (χ2n) is 8.78. The summed E-state index contributed by atoms with van der Waals surface area (Å²) >= 11 is 0. The minimum Gasteiger partial charge on any atom is -0.457 e. The van der Waals surface area contributed by atoms with Crippen LogP contribution in [0.3, 0.4) is 0 Å². The van der Waals surface area contributed by atoms with Gasteiger partial charge in [-0.1, -0.05) is 31.4 Å². The Labute approximate surface area is 184 Å². The van der Waals surface area contributed by atoms with Crippen molar-refractivity contribution in [2.45, 2.75) is 57.5 Å². The predicted molar refractivity (Wildman–Crippen MR) is 124 cm³/mol. The van der Waals surface area contributed by atoms with Gasteiger partial charge in [-0.25, -0.2) is 4.98 Å². The quantitative estimate of drug-likeness (QED) is 0.587. The molecule has 164 valence electrons. The third kappa shape index (κ3) is 5.07. The average molecular weight is 421 g/mol. The predicted octanol–water partition coefficient (Wildman–Crippen LogP) is 4.59. The van der Waals surface area contributed by atoms with Crippen molar-refractivity contribution in [3.05, 3.63) is 53.9 Å². The first-order chi connectivity index (χ1) is 15.0. The van der Waals surface area contributed by atoms with E-state index in [1.54, 1.807) is 6.20 Å². The highest BCUT2D eigenvalue weighted by Gasteiger charge is 2.24. The number of nitrogens with one attached hydrogen (secondary N) is 2. The first kappa shape index (κ1) is 21.4. The molecule has 3 aromatic rings. The highest BCUT2D eigenvalue weighted by molar-refractivity contribution is 5.86. The lowest BCUT2D eigenvalue weighted by molar-refractivity contribution is -0.126. The van der Waals surface area contributed by atoms with E-state index in [-0.39, 0.29) is 11.9 Å². The van der Waals surface area contributed by atoms with Crippen LogP contribution in [0, 0.1) is 6.92 Å². The molecule has 2 aromatic heterocycles. The summed E-state index contributed by atoms with van der Waals surface area (Å²) in [5, 5.41) is 4.27. The lowest BCUT2D eigenvalue weighted by Crippen LogP contribution is -2.48. The summed E-state index contributed by atoms with van der Waals surface area (Å²) in [5.74, 6) is 1.68. The first-order valence-electron chi connectivity index (χ1n) is 11.2. The Balaban J connectivity index is 1.42. The number of fused-ring (bicyclic) bond motifs is 1. The third-order valence-electron chi connectivity index (χ3n) is 6.19. The number of aryl methyl sites for hydroxylation is 1. The summed E-state index contributed by atoms with van der Waals surface area (Å²) in [5.41, 5.74) is 3.04. The zero-order valence-electron chi connectivity index (χ0n) is 18.6. The number of hydrogen-bond acceptors (Lipinski definition) is 4. The van der Waals surface area contributed by atoms with Crippen LogP contribution in [0.4, 0.5) is 0 Å². The van der Waals surface area contributed by atoms with E-state index in [0.29, 0.717) is 12.5 Å². The van der Waals surface area contributed by atoms with Crippen LogP contribution < -0.4 is 10.1 Å². The molecule has 1 aliphatic carbocycles. The highest BCUT2D eigenvalue weighted by atomic mass is 16.5. The van der Waals surface area contributed by atoms with Gasteiger partial charge in [0.25, 0.3) is 0 Å². The van der Waals surface area contributed by atoms with Gasteiger partial charge < -0.3 is 15.0 Å². The molecule has 0 spiro atoms. The van der Waals surface area contributed by atoms with E-state index in [4.69, 9.17) is 4.74 Å². The monoisotopic (exact) mass is 420 g/mol. The van der Waals surface area contributed by atoms with E-state index in [1.165, 1.54) is 19.3 Å². The summed E-state index contributed by atoms with van der Waals surface area (Å²) in [6, 6.07) is 10.0. The fraction of sp³-hybridized carbons (Fsp3) is 0.440. The Morgan fingerprint density at radius 3 is 2.65 bits per heavy atom. The number of carbonyl (C=O) groups is 1. The van der Waals surface area contributed by atoms with Crippen LogP contribution >= 0.6 is 0 Å². The molecule has 0 saturated heterocycles. The molecule has 0 bridgehead atoms. The first-order valence-corrected chi connectivity index (χ1v) is 11.2. The van der Waals surface area contributed by atoms with Crippen LogP contribution in [0.1, 0.15) is 43.2 Å². The third-order valence-corrected chi connectivity index (χ3v) is 6.19. The maximum Gasteiger partial charge on any atom is 0.237 e. The Hall–Kier alpha value is -2.86. The van der Waals surface area contributed by atoms with E-state index < -0.39 is 0 Å². The molecule has 1 amide bonds. The molecule has 0 aliphatic heterocycles. The van der Waals surface area contributed by atoms with Gasteiger partial charge in [-0.2, -0.15) is 0 Å². The van der Waals surface area contributed by atoms with Crippen LogP contribution in [0.2, 0.25) is 0 Å². The van der Waals surface area contributed by atoms with Crippen molar-refractivity contribution < 1.29 is 9.53 Å². The van der Waals surface area contributed by atoms with Gasteiger partial charge in [0.05, 0.1) is 11.4 Å². The molecule has 1 fully saturated rings. The van der Waals surface area contributed by atoms with E-state index in [9.17, 15) is 4.79 Å². The molecule has 1 atom stereocenters. The summed E-state index contributed by atoms with van der Waals surface area (Å²) in [7, 11) is 3.94. The van der Waals surface area contributed by atoms with Gasteiger partial charge in [-0.15, -0.1) is 0 Å². The molecule has 1 aliphatic rings. The van der Waals surface area contributed by atoms with Gasteiger partial charge in [0.1, 0.15) is 17.1 Å². The zero-order chi connectivity index (χ0) is 21.8. The van der Waals surface area contributed by atoms with Crippen molar-refractivity contribution in [3.63, 3.8) is 0 Å². The number of amides is 1. The molecule has 0 radical (unpaired) electrons. The van der Waals surface area contributed by atoms with Crippen LogP contribution in [0.15, 0.2) is 42.7 Å². The van der Waals surface area contributed by atoms with Crippen molar-refractivity contribution in [1.82, 2.24) is 20.2 Å². The number of ether oxygens (including phenoxy) is 1. The Morgan fingerprint density at radius 1 is 1.19 bits per heavy atom. The summed E-state index contributed by atoms with van der Waals surface area (Å²) < 4.78 is 6.14. The average Bonchev–Trinajstić information content (AvgIpc) is 3.15. The second kappa shape index (κ2) is 9.52. The fourth-order valence-electron chi connectivity index (χ4n) is 4.37. The topological polar surface area (TPSA) is 70.2 Å². The molecular formula is C25H32N4O2. The largest absolute Gasteiger partial charge is 0.457 e. The minimum absolute atomic E-state index is 0.124. The number of H-pyrrole nitrogens is 1. The molecular weight excluding hydrogens is 388 g/mol. The lowest BCUT2D eigenvalue weighted by Gasteiger charge is -2.28. The number of likely N-dealkylation sites (N-methyl/N-ethyl adjacent to an activating group) is 1. The molecule has 6 heteroatoms. The van der Waals surface area contributed by atoms with Crippen LogP contribution in [0.25, 0.3) is 11.0 Å². The zero-order valence-corrected chi connectivity index (χ0v) is 18.6. The standard InChI is InChI=1S/C25H32N4O2/c1-17-16-27-24-23(17)22(13-14-26-24)31-20-11-9-18(10-12-20)15-21(29(2)3)25(30)28-19-7-5-4-6-8-19/h9-14,16,19,21H,4-8,15H2,1-3H3,(H,26,27)(H,28,30)/t21-/m0/s1. The number of hydrogen-bond donors (Lipinski definition) is 2. The molecule has 4 rings (SSSR count). The van der Waals surface area contributed by atoms with Gasteiger partial charge in [-0.05, 0) is 69.6 Å². The van der Waals surface area contributed by atoms with E-state index in [2.05, 4.69) is 15.3 Å². The number of pyridine rings is 1. The Kier molecular flexibility index (Phi) is 6.56. The number of nitrogens with zero attached hydrogens (tertiary/aromatic N) is 2. The number of carbonyl (C=O) groups excluding carboxylic acids is 1. The normalized spacial score (nSPS) is 15.9. The van der Waals surface area contributed by atoms with Crippen LogP contribution in [-0.2, 0) is 11.2 Å². The van der Waals surface area contributed by atoms with Gasteiger partial charge in [0, 0.05) is 18.4 Å². The lowest BCUT2D eigenvalue weighted by atomic mass is 9.95. The maximum absolute atomic E-state index is 12.9. The van der Waals surface area contributed by atoms with Gasteiger partial charge in [-0.3, -0.25) is 9.69 Å². The molecule has 2 heterocycles. The number of rotatable bonds is 7. The van der Waals surface area contributed by atoms with Crippen LogP contribution in [0.5, 0.6) is 11.5 Å². The minimum atomic E-state index is -0.184. The SMILES string of the molecule is Cc1c[nH]c2nccc(Oc3ccc(C[C@@H](C(=O)NC4CCCCC4)N(C)C)cc3)c12. The van der Waals surface area contributed by atoms with Gasteiger partial charge in [0.15, 0.2) is 0 Å². The van der Waals surface area contributed by atoms with E-state index >= 15 is 0 Å². The molecule has 6 nitrogen and oxygen atoms in total. The summed E-state index contributed by atoms with van der Waals surface area (Å²) in [6.07, 6.45) is 10.3. The van der Waals surface area contributed by atoms with Gasteiger partial charge in [0.2, 0.25) is 5.91 Å². The van der Waals surface area contributed by atoms with Gasteiger partial charge >= 0.3 is 0 Å². The Bertz CT molecular complexity index is 1020. The van der Waals surface area contributed by atoms with Crippen LogP contribution in [-0.4, -0.2) is 47.0 Å². The molecule has 2 N–H and O–H groups in total. The number of benzene rings is 1. The van der Waals surface area contributed by atoms with Crippen molar-refractivity contribution >= 4 is 16.9 Å². The summed E-state index contributed by atoms with van der Waals surface area (Å²) in [4.78, 5) is 22.4. The van der Waals surface area contributed by atoms with Crippen molar-refractivity contribution in [2.24, 2.45) is 0 Å². The molecule has 1 aromatic carbocycles. The summed E-state index contributed by atoms with van der Waals surface area (Å²) in [6.45, 7) is 2.04. The Morgan fingerprint density at radius 2 is 1.94 bits per heavy atom. The molecule has 0 unspecified atom stereocenters. The number of aromatic nitrogens is 2. The van der Waals surface area contributed by atoms with Crippen molar-refractivity contribution in [2.75, 3.05) is 14.1 Å². The second-order valence-corrected chi connectivity index (χ2v) is 8.78. The number of aromatic amines is 1. The fourth-order valence-corrected chi connectivity index (χ4v) is 4.37. The smallest absolute Gasteiger partial charge is 0.237 e.